The molecule has 1 amide bonds. The van der Waals surface area contributed by atoms with Gasteiger partial charge in [0.25, 0.3) is 0 Å². The molecule has 0 saturated carbocycles. The van der Waals surface area contributed by atoms with Crippen molar-refractivity contribution in [2.75, 3.05) is 6.54 Å². The van der Waals surface area contributed by atoms with Crippen LogP contribution in [0.3, 0.4) is 0 Å². The zero-order chi connectivity index (χ0) is 5.70. The van der Waals surface area contributed by atoms with Gasteiger partial charge in [-0.1, -0.05) is 0 Å². The molecule has 38 valence electrons. The summed E-state index contributed by atoms with van der Waals surface area (Å²) in [7, 11) is 0. The van der Waals surface area contributed by atoms with Crippen molar-refractivity contribution in [1.82, 2.24) is 5.32 Å². The highest BCUT2D eigenvalue weighted by Gasteiger charge is 1.89. The van der Waals surface area contributed by atoms with Crippen molar-refractivity contribution in [3.8, 4) is 6.19 Å². The van der Waals surface area contributed by atoms with E-state index in [4.69, 9.17) is 11.0 Å². The molecule has 0 aromatic rings. The van der Waals surface area contributed by atoms with Crippen LogP contribution in [0.2, 0.25) is 0 Å². The lowest BCUT2D eigenvalue weighted by Crippen LogP contribution is -2.25. The number of nitriles is 1. The Morgan fingerprint density at radius 3 is 2.71 bits per heavy atom. The first-order valence-corrected chi connectivity index (χ1v) is 1.69. The molecule has 0 bridgehead atoms. The maximum absolute atomic E-state index is 9.95. The highest BCUT2D eigenvalue weighted by Crippen LogP contribution is 1.50. The zero-order valence-electron chi connectivity index (χ0n) is 3.64. The maximum atomic E-state index is 9.95. The maximum Gasteiger partial charge on any atom is 0.246 e. The first-order valence-electron chi connectivity index (χ1n) is 1.69. The van der Waals surface area contributed by atoms with Crippen LogP contribution < -0.4 is 11.1 Å². The first-order chi connectivity index (χ1) is 3.31. The van der Waals surface area contributed by atoms with Crippen molar-refractivity contribution >= 4 is 5.91 Å². The molecule has 4 heteroatoms. The van der Waals surface area contributed by atoms with E-state index in [1.54, 1.807) is 0 Å². The van der Waals surface area contributed by atoms with Gasteiger partial charge in [0.1, 0.15) is 0 Å². The molecule has 0 saturated heterocycles. The first kappa shape index (κ1) is 5.92. The molecule has 7 heavy (non-hydrogen) atoms. The molecule has 0 aliphatic carbocycles. The van der Waals surface area contributed by atoms with Crippen molar-refractivity contribution < 1.29 is 4.79 Å². The molecule has 0 aliphatic rings. The number of nitrogens with two attached hydrogens (primary N) is 1. The van der Waals surface area contributed by atoms with Crippen LogP contribution in [0.4, 0.5) is 0 Å². The van der Waals surface area contributed by atoms with Gasteiger partial charge in [0.2, 0.25) is 5.91 Å². The Bertz CT molecular complexity index is 103. The van der Waals surface area contributed by atoms with E-state index in [1.807, 2.05) is 5.32 Å². The van der Waals surface area contributed by atoms with E-state index in [9.17, 15) is 4.79 Å². The predicted molar refractivity (Wildman–Crippen MR) is 22.8 cm³/mol. The van der Waals surface area contributed by atoms with E-state index in [-0.39, 0.29) is 6.54 Å². The molecule has 0 aliphatic heterocycles. The minimum absolute atomic E-state index is 0.131. The van der Waals surface area contributed by atoms with Gasteiger partial charge < -0.3 is 5.73 Å². The van der Waals surface area contributed by atoms with Crippen molar-refractivity contribution in [2.45, 2.75) is 0 Å². The Kier molecular flexibility index (Phi) is 2.64. The molecule has 0 aromatic carbocycles. The normalized spacial score (nSPS) is 6.86. The second-order valence-electron chi connectivity index (χ2n) is 0.864. The van der Waals surface area contributed by atoms with Gasteiger partial charge in [-0.2, -0.15) is 5.26 Å². The molecular weight excluding hydrogens is 94.1 g/mol. The predicted octanol–water partition coefficient (Wildman–Crippen LogP) is -1.46. The van der Waals surface area contributed by atoms with Crippen LogP contribution >= 0.6 is 0 Å². The lowest BCUT2D eigenvalue weighted by atomic mass is 10.6. The fourth-order valence-electron chi connectivity index (χ4n) is 0.113. The standard InChI is InChI=1S/C3H5N3O/c4-1-3(7)6-2-5/h1,4H2,(H,6,7). The van der Waals surface area contributed by atoms with Gasteiger partial charge in [0.15, 0.2) is 6.19 Å². The molecule has 0 aromatic heterocycles. The average molecular weight is 99.1 g/mol. The second-order valence-corrected chi connectivity index (χ2v) is 0.864. The molecule has 0 atom stereocenters. The van der Waals surface area contributed by atoms with E-state index in [0.717, 1.165) is 0 Å². The fourth-order valence-corrected chi connectivity index (χ4v) is 0.113. The molecular formula is C3H5N3O. The van der Waals surface area contributed by atoms with Crippen LogP contribution in [0.1, 0.15) is 0 Å². The van der Waals surface area contributed by atoms with Gasteiger partial charge in [0, 0.05) is 0 Å². The number of nitrogens with zero attached hydrogens (tertiary/aromatic N) is 1. The minimum Gasteiger partial charge on any atom is -0.322 e. The molecule has 3 N–H and O–H groups in total. The Hall–Kier alpha value is -1.08. The summed E-state index contributed by atoms with van der Waals surface area (Å²) >= 11 is 0. The summed E-state index contributed by atoms with van der Waals surface area (Å²) in [4.78, 5) is 9.95. The second kappa shape index (κ2) is 3.12. The summed E-state index contributed by atoms with van der Waals surface area (Å²) < 4.78 is 0. The molecule has 0 fully saturated rings. The number of nitrogens with one attached hydrogen (secondary N) is 1. The average Bonchev–Trinajstić information content (AvgIpc) is 1.68. The summed E-state index contributed by atoms with van der Waals surface area (Å²) in [6.07, 6.45) is 1.44. The van der Waals surface area contributed by atoms with Crippen LogP contribution in [0.15, 0.2) is 0 Å². The Balaban J connectivity index is 3.23. The number of amides is 1. The molecule has 0 radical (unpaired) electrons. The SMILES string of the molecule is N#CNC(=O)CN. The van der Waals surface area contributed by atoms with Gasteiger partial charge in [-0.05, 0) is 0 Å². The van der Waals surface area contributed by atoms with Crippen LogP contribution in [-0.2, 0) is 4.79 Å². The quantitative estimate of drug-likeness (QED) is 0.311. The highest BCUT2D eigenvalue weighted by atomic mass is 16.1. The molecule has 0 unspecified atom stereocenters. The monoisotopic (exact) mass is 99.0 g/mol. The molecule has 0 heterocycles. The number of rotatable bonds is 1. The number of carbonyl (C=O) groups excluding carboxylic acids is 1. The van der Waals surface area contributed by atoms with Crippen LogP contribution in [0.5, 0.6) is 0 Å². The van der Waals surface area contributed by atoms with E-state index in [2.05, 4.69) is 0 Å². The highest BCUT2D eigenvalue weighted by molar-refractivity contribution is 5.79. The number of carbonyl (C=O) groups is 1. The Labute approximate surface area is 40.9 Å². The van der Waals surface area contributed by atoms with Gasteiger partial charge in [-0.3, -0.25) is 10.1 Å². The summed E-state index contributed by atoms with van der Waals surface area (Å²) in [5.74, 6) is -0.456. The number of hydrogen-bond donors (Lipinski definition) is 2. The fraction of sp³-hybridized carbons (Fsp3) is 0.333. The summed E-state index contributed by atoms with van der Waals surface area (Å²) in [6, 6.07) is 0. The third-order valence-electron chi connectivity index (χ3n) is 0.381. The zero-order valence-corrected chi connectivity index (χ0v) is 3.64. The van der Waals surface area contributed by atoms with E-state index in [0.29, 0.717) is 0 Å². The lowest BCUT2D eigenvalue weighted by molar-refractivity contribution is -0.118. The van der Waals surface area contributed by atoms with Gasteiger partial charge in [-0.15, -0.1) is 0 Å². The summed E-state index contributed by atoms with van der Waals surface area (Å²) in [6.45, 7) is -0.131. The van der Waals surface area contributed by atoms with Crippen LogP contribution in [0.25, 0.3) is 0 Å². The Morgan fingerprint density at radius 2 is 2.57 bits per heavy atom. The third kappa shape index (κ3) is 2.73. The topological polar surface area (TPSA) is 78.9 Å². The molecule has 0 rings (SSSR count). The van der Waals surface area contributed by atoms with E-state index >= 15 is 0 Å². The largest absolute Gasteiger partial charge is 0.322 e. The van der Waals surface area contributed by atoms with Gasteiger partial charge in [0.05, 0.1) is 6.54 Å². The summed E-state index contributed by atoms with van der Waals surface area (Å²) in [5, 5.41) is 9.57. The van der Waals surface area contributed by atoms with Gasteiger partial charge >= 0.3 is 0 Å². The van der Waals surface area contributed by atoms with Crippen molar-refractivity contribution in [3.63, 3.8) is 0 Å². The van der Waals surface area contributed by atoms with Gasteiger partial charge in [-0.25, -0.2) is 0 Å². The molecule has 4 nitrogen and oxygen atoms in total. The minimum atomic E-state index is -0.456. The Morgan fingerprint density at radius 1 is 2.00 bits per heavy atom. The number of hydrogen-bond acceptors (Lipinski definition) is 3. The van der Waals surface area contributed by atoms with Crippen LogP contribution in [-0.4, -0.2) is 12.5 Å². The van der Waals surface area contributed by atoms with Crippen LogP contribution in [0, 0.1) is 11.5 Å². The van der Waals surface area contributed by atoms with E-state index in [1.165, 1.54) is 6.19 Å². The van der Waals surface area contributed by atoms with E-state index < -0.39 is 5.91 Å². The smallest absolute Gasteiger partial charge is 0.246 e. The van der Waals surface area contributed by atoms with Crippen molar-refractivity contribution in [1.29, 1.82) is 5.26 Å². The lowest BCUT2D eigenvalue weighted by Gasteiger charge is -1.84. The van der Waals surface area contributed by atoms with Crippen molar-refractivity contribution in [2.24, 2.45) is 5.73 Å². The molecule has 0 spiro atoms. The van der Waals surface area contributed by atoms with Crippen molar-refractivity contribution in [3.05, 3.63) is 0 Å². The third-order valence-corrected chi connectivity index (χ3v) is 0.381. The summed E-state index contributed by atoms with van der Waals surface area (Å²) in [5.41, 5.74) is 4.79.